The van der Waals surface area contributed by atoms with Crippen LogP contribution in [-0.4, -0.2) is 61.9 Å². The van der Waals surface area contributed by atoms with Crippen LogP contribution < -0.4 is 10.1 Å². The molecule has 2 bridgehead atoms. The van der Waals surface area contributed by atoms with E-state index < -0.39 is 21.5 Å². The fourth-order valence-electron chi connectivity index (χ4n) is 6.18. The van der Waals surface area contributed by atoms with Crippen LogP contribution in [0.4, 0.5) is 9.18 Å². The number of hydrogen-bond acceptors (Lipinski definition) is 6. The van der Waals surface area contributed by atoms with E-state index >= 15 is 0 Å². The first-order chi connectivity index (χ1) is 18.3. The third kappa shape index (κ3) is 6.76. The number of benzene rings is 1. The van der Waals surface area contributed by atoms with Gasteiger partial charge in [-0.05, 0) is 95.4 Å². The molecule has 10 heteroatoms. The highest BCUT2D eigenvalue weighted by atomic mass is 32.2. The molecule has 1 aromatic rings. The number of amides is 2. The van der Waals surface area contributed by atoms with Crippen LogP contribution >= 0.6 is 0 Å². The largest absolute Gasteiger partial charge is 0.489 e. The highest BCUT2D eigenvalue weighted by Gasteiger charge is 2.55. The summed E-state index contributed by atoms with van der Waals surface area (Å²) in [6.07, 6.45) is 5.72. The summed E-state index contributed by atoms with van der Waals surface area (Å²) in [4.78, 5) is 26.8. The summed E-state index contributed by atoms with van der Waals surface area (Å²) in [6, 6.07) is 6.18. The molecule has 1 N–H and O–H groups in total. The van der Waals surface area contributed by atoms with E-state index in [0.717, 1.165) is 51.5 Å². The molecule has 216 valence electrons. The Morgan fingerprint density at radius 1 is 1.13 bits per heavy atom. The molecule has 3 aliphatic carbocycles. The first kappa shape index (κ1) is 29.4. The average Bonchev–Trinajstić information content (AvgIpc) is 3.22. The van der Waals surface area contributed by atoms with Gasteiger partial charge in [-0.3, -0.25) is 4.79 Å². The summed E-state index contributed by atoms with van der Waals surface area (Å²) in [5, 5.41) is 2.48. The predicted octanol–water partition coefficient (Wildman–Crippen LogP) is 5.18. The Bertz CT molecular complexity index is 1180. The number of likely N-dealkylation sites (tertiary alicyclic amines) is 1. The van der Waals surface area contributed by atoms with Crippen LogP contribution in [0.15, 0.2) is 41.1 Å². The first-order valence-corrected chi connectivity index (χ1v) is 15.4. The Morgan fingerprint density at radius 3 is 2.26 bits per heavy atom. The van der Waals surface area contributed by atoms with Crippen LogP contribution in [0.25, 0.3) is 0 Å². The average molecular weight is 565 g/mol. The second kappa shape index (κ2) is 11.1. The molecule has 0 radical (unpaired) electrons. The van der Waals surface area contributed by atoms with E-state index in [1.165, 1.54) is 12.1 Å². The second-order valence-corrected chi connectivity index (χ2v) is 14.5. The Morgan fingerprint density at radius 2 is 1.74 bits per heavy atom. The zero-order chi connectivity index (χ0) is 28.5. The quantitative estimate of drug-likeness (QED) is 0.444. The predicted molar refractivity (Wildman–Crippen MR) is 146 cm³/mol. The van der Waals surface area contributed by atoms with E-state index in [1.807, 2.05) is 6.92 Å². The number of sulfone groups is 1. The zero-order valence-electron chi connectivity index (χ0n) is 23.4. The Hall–Kier alpha value is -2.62. The number of nitrogens with zero attached hydrogens (tertiary/aromatic N) is 1. The van der Waals surface area contributed by atoms with Crippen LogP contribution in [0.3, 0.4) is 0 Å². The van der Waals surface area contributed by atoms with Crippen molar-refractivity contribution in [3.8, 4) is 5.75 Å². The lowest BCUT2D eigenvalue weighted by atomic mass is 9.57. The minimum absolute atomic E-state index is 0.0772. The summed E-state index contributed by atoms with van der Waals surface area (Å²) in [5.74, 6) is 0.848. The molecular formula is C29H41FN2O6S. The van der Waals surface area contributed by atoms with E-state index in [4.69, 9.17) is 9.47 Å². The third-order valence-corrected chi connectivity index (χ3v) is 10.5. The molecular weight excluding hydrogens is 523 g/mol. The molecule has 1 aromatic carbocycles. The maximum absolute atomic E-state index is 13.4. The van der Waals surface area contributed by atoms with Crippen LogP contribution in [0.2, 0.25) is 0 Å². The number of carbonyl (C=O) groups excluding carboxylic acids is 2. The molecule has 1 unspecified atom stereocenters. The number of carbonyl (C=O) groups is 2. The van der Waals surface area contributed by atoms with Crippen molar-refractivity contribution in [3.63, 3.8) is 0 Å². The van der Waals surface area contributed by atoms with E-state index in [0.29, 0.717) is 12.1 Å². The molecule has 0 aromatic heterocycles. The molecule has 4 fully saturated rings. The molecule has 5 rings (SSSR count). The standard InChI is InChI=1S/C29H41FN2O6S/c1-21-9-16-32(25(21)33)29-13-10-28(11-14-29,12-15-29)20-39(35,36)24-7-5-23(6-8-24)37-19-22(17-30)18-31-26(34)38-27(2,3)4/h5-8,17,21H,9-16,18-20H2,1-4H3,(H,31,34)/b22-17+. The van der Waals surface area contributed by atoms with Gasteiger partial charge in [0, 0.05) is 30.1 Å². The zero-order valence-corrected chi connectivity index (χ0v) is 24.2. The third-order valence-electron chi connectivity index (χ3n) is 8.52. The van der Waals surface area contributed by atoms with Crippen LogP contribution in [-0.2, 0) is 19.4 Å². The number of alkyl carbamates (subject to hydrolysis) is 1. The number of ether oxygens (including phenoxy) is 2. The van der Waals surface area contributed by atoms with Gasteiger partial charge < -0.3 is 19.7 Å². The summed E-state index contributed by atoms with van der Waals surface area (Å²) in [5.41, 5.74) is -0.784. The fourth-order valence-corrected chi connectivity index (χ4v) is 8.14. The van der Waals surface area contributed by atoms with E-state index in [2.05, 4.69) is 10.2 Å². The Balaban J connectivity index is 1.30. The second-order valence-electron chi connectivity index (χ2n) is 12.5. The molecule has 1 atom stereocenters. The Kier molecular flexibility index (Phi) is 8.36. The van der Waals surface area contributed by atoms with Crippen LogP contribution in [0.1, 0.15) is 72.6 Å². The van der Waals surface area contributed by atoms with Crippen molar-refractivity contribution in [1.29, 1.82) is 0 Å². The van der Waals surface area contributed by atoms with Crippen molar-refractivity contribution in [2.75, 3.05) is 25.4 Å². The topological polar surface area (TPSA) is 102 Å². The summed E-state index contributed by atoms with van der Waals surface area (Å²) in [6.45, 7) is 7.84. The maximum Gasteiger partial charge on any atom is 0.407 e. The van der Waals surface area contributed by atoms with Crippen LogP contribution in [0.5, 0.6) is 5.75 Å². The lowest BCUT2D eigenvalue weighted by Crippen LogP contribution is -2.58. The van der Waals surface area contributed by atoms with Crippen molar-refractivity contribution in [2.24, 2.45) is 11.3 Å². The normalized spacial score (nSPS) is 27.5. The molecule has 8 nitrogen and oxygen atoms in total. The molecule has 4 aliphatic rings. The van der Waals surface area contributed by atoms with Gasteiger partial charge in [0.2, 0.25) is 5.91 Å². The molecule has 2 amide bonds. The van der Waals surface area contributed by atoms with Gasteiger partial charge >= 0.3 is 6.09 Å². The van der Waals surface area contributed by atoms with Gasteiger partial charge in [0.05, 0.1) is 17.0 Å². The SMILES string of the molecule is CC1CCN(C23CCC(CS(=O)(=O)c4ccc(OC/C(=C/F)CNC(=O)OC(C)(C)C)cc4)(CC2)CC3)C1=O. The van der Waals surface area contributed by atoms with E-state index in [1.54, 1.807) is 32.9 Å². The van der Waals surface area contributed by atoms with Gasteiger partial charge in [-0.2, -0.15) is 0 Å². The smallest absolute Gasteiger partial charge is 0.407 e. The number of nitrogens with one attached hydrogen (secondary N) is 1. The summed E-state index contributed by atoms with van der Waals surface area (Å²) >= 11 is 0. The van der Waals surface area contributed by atoms with Gasteiger partial charge in [-0.15, -0.1) is 0 Å². The minimum atomic E-state index is -3.52. The van der Waals surface area contributed by atoms with Gasteiger partial charge in [-0.1, -0.05) is 6.92 Å². The Labute approximate surface area is 231 Å². The van der Waals surface area contributed by atoms with Gasteiger partial charge in [0.25, 0.3) is 0 Å². The van der Waals surface area contributed by atoms with Gasteiger partial charge in [-0.25, -0.2) is 17.6 Å². The van der Waals surface area contributed by atoms with Crippen LogP contribution in [0, 0.1) is 11.3 Å². The molecule has 1 heterocycles. The number of halogens is 1. The van der Waals surface area contributed by atoms with Crippen molar-refractivity contribution in [1.82, 2.24) is 10.2 Å². The fraction of sp³-hybridized carbons (Fsp3) is 0.655. The van der Waals surface area contributed by atoms with Crippen molar-refractivity contribution in [2.45, 2.75) is 88.7 Å². The molecule has 1 aliphatic heterocycles. The highest BCUT2D eigenvalue weighted by Crippen LogP contribution is 2.56. The molecule has 39 heavy (non-hydrogen) atoms. The van der Waals surface area contributed by atoms with Crippen molar-refractivity contribution < 1.29 is 31.9 Å². The van der Waals surface area contributed by atoms with E-state index in [9.17, 15) is 22.4 Å². The van der Waals surface area contributed by atoms with Crippen molar-refractivity contribution in [3.05, 3.63) is 36.2 Å². The molecule has 3 saturated carbocycles. The van der Waals surface area contributed by atoms with Gasteiger partial charge in [0.1, 0.15) is 18.0 Å². The molecule has 1 saturated heterocycles. The number of rotatable bonds is 9. The number of fused-ring (bicyclic) bond motifs is 3. The number of hydrogen-bond donors (Lipinski definition) is 1. The summed E-state index contributed by atoms with van der Waals surface area (Å²) < 4.78 is 50.8. The maximum atomic E-state index is 13.4. The molecule has 0 spiro atoms. The summed E-state index contributed by atoms with van der Waals surface area (Å²) in [7, 11) is -3.52. The monoisotopic (exact) mass is 564 g/mol. The minimum Gasteiger partial charge on any atom is -0.489 e. The van der Waals surface area contributed by atoms with Gasteiger partial charge in [0.15, 0.2) is 9.84 Å². The van der Waals surface area contributed by atoms with Crippen molar-refractivity contribution >= 4 is 21.8 Å². The first-order valence-electron chi connectivity index (χ1n) is 13.8. The lowest BCUT2D eigenvalue weighted by molar-refractivity contribution is -0.142. The highest BCUT2D eigenvalue weighted by molar-refractivity contribution is 7.91. The lowest BCUT2D eigenvalue weighted by Gasteiger charge is -2.56. The van der Waals surface area contributed by atoms with E-state index in [-0.39, 0.29) is 52.2 Å².